The van der Waals surface area contributed by atoms with Gasteiger partial charge in [0.2, 0.25) is 0 Å². The molecule has 2 fully saturated rings. The van der Waals surface area contributed by atoms with E-state index in [1.54, 1.807) is 25.3 Å². The number of piperidine rings is 1. The van der Waals surface area contributed by atoms with Gasteiger partial charge in [0.25, 0.3) is 5.91 Å². The lowest BCUT2D eigenvalue weighted by Crippen LogP contribution is -2.59. The summed E-state index contributed by atoms with van der Waals surface area (Å²) < 4.78 is 46.8. The predicted molar refractivity (Wildman–Crippen MR) is 122 cm³/mol. The maximum absolute atomic E-state index is 13.9. The Morgan fingerprint density at radius 3 is 2.62 bits per heavy atom. The lowest BCUT2D eigenvalue weighted by Gasteiger charge is -2.54. The summed E-state index contributed by atoms with van der Waals surface area (Å²) in [5.74, 6) is -0.116. The van der Waals surface area contributed by atoms with Gasteiger partial charge in [-0.25, -0.2) is 4.98 Å². The number of hydrogen-bond acceptors (Lipinski definition) is 3. The van der Waals surface area contributed by atoms with Gasteiger partial charge in [-0.3, -0.25) is 4.79 Å². The van der Waals surface area contributed by atoms with Crippen molar-refractivity contribution in [1.29, 1.82) is 0 Å². The molecular weight excluding hydrogens is 443 g/mol. The van der Waals surface area contributed by atoms with E-state index < -0.39 is 18.3 Å². The standard InChI is InChI=1S/C26H28F3N3O2/c1-34-25(18-8-3-2-4-9-18)14-15-32(22-13-6-5-11-20(22)25)24(33)19-10-7-12-21-23(19)31(17-30-21)16-26(27,28)29/h2-4,7-10,12,17,20,22H,5-6,11,13-16H2,1H3/t20-,22+,25-/m0/s1. The largest absolute Gasteiger partial charge is 0.406 e. The van der Waals surface area contributed by atoms with Crippen LogP contribution in [0.1, 0.15) is 48.0 Å². The van der Waals surface area contributed by atoms with Gasteiger partial charge in [-0.15, -0.1) is 0 Å². The molecule has 5 nitrogen and oxygen atoms in total. The van der Waals surface area contributed by atoms with Crippen molar-refractivity contribution in [2.75, 3.05) is 13.7 Å². The maximum atomic E-state index is 13.9. The molecular formula is C26H28F3N3O2. The van der Waals surface area contributed by atoms with Gasteiger partial charge < -0.3 is 14.2 Å². The number of methoxy groups -OCH3 is 1. The lowest BCUT2D eigenvalue weighted by atomic mass is 9.66. The fraction of sp³-hybridized carbons (Fsp3) is 0.462. The molecule has 1 aliphatic carbocycles. The molecule has 180 valence electrons. The third-order valence-corrected chi connectivity index (χ3v) is 7.56. The average molecular weight is 472 g/mol. The molecule has 0 bridgehead atoms. The number of hydrogen-bond donors (Lipinski definition) is 0. The summed E-state index contributed by atoms with van der Waals surface area (Å²) in [5.41, 5.74) is 1.54. The molecule has 5 rings (SSSR count). The first kappa shape index (κ1) is 22.9. The monoisotopic (exact) mass is 471 g/mol. The topological polar surface area (TPSA) is 47.4 Å². The number of para-hydroxylation sites is 1. The number of aromatic nitrogens is 2. The molecule has 0 unspecified atom stereocenters. The number of rotatable bonds is 4. The zero-order valence-electron chi connectivity index (χ0n) is 19.1. The first-order valence-corrected chi connectivity index (χ1v) is 11.8. The van der Waals surface area contributed by atoms with Crippen LogP contribution in [0.5, 0.6) is 0 Å². The van der Waals surface area contributed by atoms with Crippen LogP contribution in [0.25, 0.3) is 11.0 Å². The van der Waals surface area contributed by atoms with E-state index in [9.17, 15) is 18.0 Å². The highest BCUT2D eigenvalue weighted by Crippen LogP contribution is 2.49. The van der Waals surface area contributed by atoms with Gasteiger partial charge in [-0.2, -0.15) is 13.2 Å². The van der Waals surface area contributed by atoms with Crippen molar-refractivity contribution in [2.24, 2.45) is 5.92 Å². The highest BCUT2D eigenvalue weighted by molar-refractivity contribution is 6.05. The molecule has 1 aromatic heterocycles. The van der Waals surface area contributed by atoms with E-state index in [1.165, 1.54) is 6.33 Å². The fourth-order valence-corrected chi connectivity index (χ4v) is 6.14. The van der Waals surface area contributed by atoms with Gasteiger partial charge in [-0.05, 0) is 37.0 Å². The van der Waals surface area contributed by atoms with Gasteiger partial charge >= 0.3 is 6.18 Å². The highest BCUT2D eigenvalue weighted by atomic mass is 19.4. The van der Waals surface area contributed by atoms with E-state index in [-0.39, 0.29) is 28.9 Å². The van der Waals surface area contributed by atoms with Gasteiger partial charge in [0.05, 0.1) is 28.5 Å². The molecule has 1 amide bonds. The van der Waals surface area contributed by atoms with Gasteiger partial charge in [-0.1, -0.05) is 49.2 Å². The summed E-state index contributed by atoms with van der Waals surface area (Å²) in [4.78, 5) is 19.9. The zero-order valence-corrected chi connectivity index (χ0v) is 19.1. The molecule has 2 aromatic carbocycles. The number of halogens is 3. The number of carbonyl (C=O) groups is 1. The van der Waals surface area contributed by atoms with E-state index in [0.29, 0.717) is 18.5 Å². The molecule has 1 aliphatic heterocycles. The molecule has 1 saturated carbocycles. The number of likely N-dealkylation sites (tertiary alicyclic amines) is 1. The van der Waals surface area contributed by atoms with Crippen molar-refractivity contribution in [3.05, 3.63) is 66.0 Å². The Kier molecular flexibility index (Phi) is 5.88. The van der Waals surface area contributed by atoms with E-state index in [0.717, 1.165) is 35.8 Å². The number of carbonyl (C=O) groups excluding carboxylic acids is 1. The molecule has 0 radical (unpaired) electrons. The number of benzene rings is 2. The molecule has 2 aliphatic rings. The van der Waals surface area contributed by atoms with Crippen molar-refractivity contribution in [2.45, 2.75) is 56.5 Å². The van der Waals surface area contributed by atoms with Crippen LogP contribution in [-0.2, 0) is 16.9 Å². The van der Waals surface area contributed by atoms with Crippen molar-refractivity contribution < 1.29 is 22.7 Å². The molecule has 0 spiro atoms. The second kappa shape index (κ2) is 8.73. The Morgan fingerprint density at radius 2 is 1.88 bits per heavy atom. The highest BCUT2D eigenvalue weighted by Gasteiger charge is 2.51. The minimum atomic E-state index is -4.41. The Morgan fingerprint density at radius 1 is 1.12 bits per heavy atom. The Hall–Kier alpha value is -2.87. The van der Waals surface area contributed by atoms with Crippen molar-refractivity contribution in [3.63, 3.8) is 0 Å². The summed E-state index contributed by atoms with van der Waals surface area (Å²) >= 11 is 0. The normalized spacial score (nSPS) is 25.4. The van der Waals surface area contributed by atoms with Crippen LogP contribution >= 0.6 is 0 Å². The minimum Gasteiger partial charge on any atom is -0.373 e. The van der Waals surface area contributed by atoms with Crippen LogP contribution in [0.15, 0.2) is 54.9 Å². The van der Waals surface area contributed by atoms with E-state index >= 15 is 0 Å². The van der Waals surface area contributed by atoms with Crippen LogP contribution in [-0.4, -0.2) is 46.2 Å². The Labute approximate surface area is 196 Å². The first-order valence-electron chi connectivity index (χ1n) is 11.8. The van der Waals surface area contributed by atoms with Gasteiger partial charge in [0, 0.05) is 25.6 Å². The number of amides is 1. The summed E-state index contributed by atoms with van der Waals surface area (Å²) in [6, 6.07) is 15.1. The third kappa shape index (κ3) is 3.87. The maximum Gasteiger partial charge on any atom is 0.406 e. The van der Waals surface area contributed by atoms with Crippen molar-refractivity contribution >= 4 is 16.9 Å². The number of fused-ring (bicyclic) bond motifs is 2. The summed E-state index contributed by atoms with van der Waals surface area (Å²) in [5, 5.41) is 0. The lowest BCUT2D eigenvalue weighted by molar-refractivity contribution is -0.140. The van der Waals surface area contributed by atoms with E-state index in [2.05, 4.69) is 17.1 Å². The van der Waals surface area contributed by atoms with Crippen LogP contribution in [0, 0.1) is 5.92 Å². The van der Waals surface area contributed by atoms with Gasteiger partial charge in [0.15, 0.2) is 0 Å². The van der Waals surface area contributed by atoms with Crippen LogP contribution in [0.4, 0.5) is 13.2 Å². The molecule has 2 heterocycles. The van der Waals surface area contributed by atoms with Crippen LogP contribution in [0.2, 0.25) is 0 Å². The molecule has 34 heavy (non-hydrogen) atoms. The number of ether oxygens (including phenoxy) is 1. The SMILES string of the molecule is CO[C@]1(c2ccccc2)CCN(C(=O)c2cccc3ncn(CC(F)(F)F)c23)[C@@H]2CCCC[C@@H]21. The second-order valence-electron chi connectivity index (χ2n) is 9.33. The van der Waals surface area contributed by atoms with E-state index in [1.807, 2.05) is 23.1 Å². The van der Waals surface area contributed by atoms with Gasteiger partial charge in [0.1, 0.15) is 6.54 Å². The molecule has 1 saturated heterocycles. The first-order chi connectivity index (χ1) is 16.3. The van der Waals surface area contributed by atoms with Crippen LogP contribution in [0.3, 0.4) is 0 Å². The fourth-order valence-electron chi connectivity index (χ4n) is 6.14. The van der Waals surface area contributed by atoms with Crippen molar-refractivity contribution in [1.82, 2.24) is 14.5 Å². The molecule has 0 N–H and O–H groups in total. The smallest absolute Gasteiger partial charge is 0.373 e. The average Bonchev–Trinajstić information content (AvgIpc) is 3.25. The molecule has 8 heteroatoms. The minimum absolute atomic E-state index is 0.0376. The van der Waals surface area contributed by atoms with E-state index in [4.69, 9.17) is 4.74 Å². The summed E-state index contributed by atoms with van der Waals surface area (Å²) in [7, 11) is 1.74. The third-order valence-electron chi connectivity index (χ3n) is 7.56. The molecule has 3 aromatic rings. The summed E-state index contributed by atoms with van der Waals surface area (Å²) in [6.07, 6.45) is 1.26. The predicted octanol–water partition coefficient (Wildman–Crippen LogP) is 5.55. The Bertz CT molecular complexity index is 1180. The Balaban J connectivity index is 1.53. The van der Waals surface area contributed by atoms with Crippen LogP contribution < -0.4 is 0 Å². The summed E-state index contributed by atoms with van der Waals surface area (Å²) in [6.45, 7) is -0.701. The number of imidazole rings is 1. The molecule has 3 atom stereocenters. The second-order valence-corrected chi connectivity index (χ2v) is 9.33. The number of nitrogens with zero attached hydrogens (tertiary/aromatic N) is 3. The van der Waals surface area contributed by atoms with Crippen molar-refractivity contribution in [3.8, 4) is 0 Å². The number of alkyl halides is 3. The quantitative estimate of drug-likeness (QED) is 0.502. The zero-order chi connectivity index (χ0) is 23.9.